The van der Waals surface area contributed by atoms with Crippen LogP contribution in [0.2, 0.25) is 0 Å². The number of nitrogens with one attached hydrogen (secondary N) is 2. The summed E-state index contributed by atoms with van der Waals surface area (Å²) in [5, 5.41) is 6.21. The number of benzene rings is 1. The standard InChI is InChI=1S/C21H26FN5O2.HI/c1-2-23-21(26-15-19(28)27-11-3-4-12-27)25-14-16-7-6-10-24-20(16)29-18-9-5-8-17(22)13-18;/h5-10,13H,2-4,11-12,14-15H2,1H3,(H2,23,25,26);1H. The van der Waals surface area contributed by atoms with Gasteiger partial charge in [0.25, 0.3) is 0 Å². The lowest BCUT2D eigenvalue weighted by Gasteiger charge is -2.17. The smallest absolute Gasteiger partial charge is 0.241 e. The van der Waals surface area contributed by atoms with E-state index in [-0.39, 0.29) is 42.2 Å². The number of pyridine rings is 1. The second-order valence-electron chi connectivity index (χ2n) is 6.66. The Morgan fingerprint density at radius 2 is 2.03 bits per heavy atom. The van der Waals surface area contributed by atoms with Crippen molar-refractivity contribution in [2.75, 3.05) is 26.2 Å². The van der Waals surface area contributed by atoms with Gasteiger partial charge < -0.3 is 20.3 Å². The first kappa shape index (κ1) is 23.8. The molecule has 0 aliphatic carbocycles. The van der Waals surface area contributed by atoms with E-state index in [9.17, 15) is 9.18 Å². The SMILES string of the molecule is CCNC(=NCc1cccnc1Oc1cccc(F)c1)NCC(=O)N1CCCC1.I. The van der Waals surface area contributed by atoms with Crippen molar-refractivity contribution in [3.05, 3.63) is 54.0 Å². The number of guanidine groups is 1. The maximum Gasteiger partial charge on any atom is 0.241 e. The van der Waals surface area contributed by atoms with Crippen LogP contribution in [0.4, 0.5) is 4.39 Å². The van der Waals surface area contributed by atoms with E-state index in [1.54, 1.807) is 24.4 Å². The van der Waals surface area contributed by atoms with Gasteiger partial charge in [-0.15, -0.1) is 24.0 Å². The third-order valence-electron chi connectivity index (χ3n) is 4.48. The van der Waals surface area contributed by atoms with Gasteiger partial charge in [0.2, 0.25) is 11.8 Å². The Morgan fingerprint density at radius 3 is 2.77 bits per heavy atom. The minimum atomic E-state index is -0.376. The van der Waals surface area contributed by atoms with E-state index in [0.29, 0.717) is 30.7 Å². The number of likely N-dealkylation sites (tertiary alicyclic amines) is 1. The van der Waals surface area contributed by atoms with Crippen LogP contribution >= 0.6 is 24.0 Å². The Kier molecular flexibility index (Phi) is 9.78. The molecule has 2 heterocycles. The van der Waals surface area contributed by atoms with Gasteiger partial charge in [0.15, 0.2) is 5.96 Å². The van der Waals surface area contributed by atoms with Crippen molar-refractivity contribution >= 4 is 35.8 Å². The number of ether oxygens (including phenoxy) is 1. The normalized spacial score (nSPS) is 13.5. The Bertz CT molecular complexity index is 859. The summed E-state index contributed by atoms with van der Waals surface area (Å²) in [4.78, 5) is 22.9. The van der Waals surface area contributed by atoms with Gasteiger partial charge in [-0.3, -0.25) is 4.79 Å². The van der Waals surface area contributed by atoms with Gasteiger partial charge in [0.05, 0.1) is 13.1 Å². The summed E-state index contributed by atoms with van der Waals surface area (Å²) in [5.41, 5.74) is 0.750. The van der Waals surface area contributed by atoms with E-state index in [0.717, 1.165) is 31.5 Å². The van der Waals surface area contributed by atoms with Crippen molar-refractivity contribution < 1.29 is 13.9 Å². The topological polar surface area (TPSA) is 78.9 Å². The van der Waals surface area contributed by atoms with Crippen LogP contribution in [0.15, 0.2) is 47.6 Å². The molecule has 3 rings (SSSR count). The van der Waals surface area contributed by atoms with Crippen LogP contribution in [0.5, 0.6) is 11.6 Å². The Morgan fingerprint density at radius 1 is 1.23 bits per heavy atom. The average molecular weight is 527 g/mol. The van der Waals surface area contributed by atoms with Crippen molar-refractivity contribution in [3.63, 3.8) is 0 Å². The lowest BCUT2D eigenvalue weighted by atomic mass is 10.2. The highest BCUT2D eigenvalue weighted by atomic mass is 127. The molecule has 1 aliphatic heterocycles. The molecule has 1 aromatic heterocycles. The maximum absolute atomic E-state index is 13.4. The fourth-order valence-electron chi connectivity index (χ4n) is 3.02. The van der Waals surface area contributed by atoms with Crippen molar-refractivity contribution in [2.24, 2.45) is 4.99 Å². The van der Waals surface area contributed by atoms with Gasteiger partial charge in [-0.2, -0.15) is 0 Å². The number of amides is 1. The monoisotopic (exact) mass is 527 g/mol. The molecule has 0 spiro atoms. The Labute approximate surface area is 193 Å². The molecule has 2 aromatic rings. The molecule has 0 atom stereocenters. The van der Waals surface area contributed by atoms with E-state index in [2.05, 4.69) is 20.6 Å². The molecule has 2 N–H and O–H groups in total. The van der Waals surface area contributed by atoms with E-state index >= 15 is 0 Å². The van der Waals surface area contributed by atoms with E-state index in [1.165, 1.54) is 12.1 Å². The van der Waals surface area contributed by atoms with Crippen LogP contribution < -0.4 is 15.4 Å². The van der Waals surface area contributed by atoms with Crippen molar-refractivity contribution in [2.45, 2.75) is 26.3 Å². The molecule has 1 fully saturated rings. The summed E-state index contributed by atoms with van der Waals surface area (Å²) in [6, 6.07) is 9.55. The summed E-state index contributed by atoms with van der Waals surface area (Å²) in [6.07, 6.45) is 3.74. The number of hydrogen-bond donors (Lipinski definition) is 2. The lowest BCUT2D eigenvalue weighted by Crippen LogP contribution is -2.44. The summed E-state index contributed by atoms with van der Waals surface area (Å²) in [5.74, 6) is 0.977. The number of carbonyl (C=O) groups excluding carboxylic acids is 1. The third-order valence-corrected chi connectivity index (χ3v) is 4.48. The molecule has 1 amide bonds. The number of halogens is 2. The van der Waals surface area contributed by atoms with Crippen molar-refractivity contribution in [1.29, 1.82) is 0 Å². The predicted octanol–water partition coefficient (Wildman–Crippen LogP) is 3.31. The molecule has 0 radical (unpaired) electrons. The molecule has 1 saturated heterocycles. The number of nitrogens with zero attached hydrogens (tertiary/aromatic N) is 3. The highest BCUT2D eigenvalue weighted by Gasteiger charge is 2.17. The second-order valence-corrected chi connectivity index (χ2v) is 6.66. The maximum atomic E-state index is 13.4. The molecule has 0 bridgehead atoms. The highest BCUT2D eigenvalue weighted by Crippen LogP contribution is 2.23. The number of rotatable bonds is 7. The van der Waals surface area contributed by atoms with E-state index < -0.39 is 0 Å². The summed E-state index contributed by atoms with van der Waals surface area (Å²) < 4.78 is 19.1. The second kappa shape index (κ2) is 12.3. The largest absolute Gasteiger partial charge is 0.439 e. The number of aliphatic imine (C=N–C) groups is 1. The fraction of sp³-hybridized carbons (Fsp3) is 0.381. The summed E-state index contributed by atoms with van der Waals surface area (Å²) in [6.45, 7) is 4.78. The van der Waals surface area contributed by atoms with Crippen LogP contribution in [0, 0.1) is 5.82 Å². The quantitative estimate of drug-likeness (QED) is 0.328. The van der Waals surface area contributed by atoms with Gasteiger partial charge >= 0.3 is 0 Å². The van der Waals surface area contributed by atoms with Gasteiger partial charge in [-0.1, -0.05) is 12.1 Å². The number of carbonyl (C=O) groups is 1. The Balaban J connectivity index is 0.00000320. The molecule has 0 unspecified atom stereocenters. The minimum absolute atomic E-state index is 0. The van der Waals surface area contributed by atoms with Crippen LogP contribution in [-0.2, 0) is 11.3 Å². The molecule has 1 aliphatic rings. The minimum Gasteiger partial charge on any atom is -0.439 e. The molecular weight excluding hydrogens is 500 g/mol. The summed E-state index contributed by atoms with van der Waals surface area (Å²) in [7, 11) is 0. The molecular formula is C21H27FIN5O2. The fourth-order valence-corrected chi connectivity index (χ4v) is 3.02. The first-order valence-electron chi connectivity index (χ1n) is 9.83. The zero-order valence-electron chi connectivity index (χ0n) is 16.9. The lowest BCUT2D eigenvalue weighted by molar-refractivity contribution is -0.128. The molecule has 1 aromatic carbocycles. The summed E-state index contributed by atoms with van der Waals surface area (Å²) >= 11 is 0. The first-order valence-corrected chi connectivity index (χ1v) is 9.83. The predicted molar refractivity (Wildman–Crippen MR) is 125 cm³/mol. The third kappa shape index (κ3) is 7.12. The van der Waals surface area contributed by atoms with Gasteiger partial charge in [-0.25, -0.2) is 14.4 Å². The van der Waals surface area contributed by atoms with Crippen LogP contribution in [-0.4, -0.2) is 47.9 Å². The van der Waals surface area contributed by atoms with Crippen LogP contribution in [0.3, 0.4) is 0 Å². The van der Waals surface area contributed by atoms with E-state index in [4.69, 9.17) is 4.74 Å². The van der Waals surface area contributed by atoms with Gasteiger partial charge in [0, 0.05) is 37.5 Å². The van der Waals surface area contributed by atoms with Crippen molar-refractivity contribution in [1.82, 2.24) is 20.5 Å². The molecule has 7 nitrogen and oxygen atoms in total. The average Bonchev–Trinajstić information content (AvgIpc) is 3.26. The van der Waals surface area contributed by atoms with Crippen molar-refractivity contribution in [3.8, 4) is 11.6 Å². The van der Waals surface area contributed by atoms with Gasteiger partial charge in [-0.05, 0) is 38.0 Å². The molecule has 162 valence electrons. The molecule has 0 saturated carbocycles. The first-order chi connectivity index (χ1) is 14.2. The zero-order chi connectivity index (χ0) is 20.5. The Hall–Kier alpha value is -2.43. The number of hydrogen-bond acceptors (Lipinski definition) is 4. The van der Waals surface area contributed by atoms with Crippen LogP contribution in [0.1, 0.15) is 25.3 Å². The van der Waals surface area contributed by atoms with Gasteiger partial charge in [0.1, 0.15) is 11.6 Å². The molecule has 9 heteroatoms. The van der Waals surface area contributed by atoms with E-state index in [1.807, 2.05) is 17.9 Å². The number of aromatic nitrogens is 1. The van der Waals surface area contributed by atoms with Crippen LogP contribution in [0.25, 0.3) is 0 Å². The zero-order valence-corrected chi connectivity index (χ0v) is 19.3. The molecule has 30 heavy (non-hydrogen) atoms. The highest BCUT2D eigenvalue weighted by molar-refractivity contribution is 14.0.